The lowest BCUT2D eigenvalue weighted by atomic mass is 10.2. The van der Waals surface area contributed by atoms with E-state index in [-0.39, 0.29) is 23.5 Å². The summed E-state index contributed by atoms with van der Waals surface area (Å²) in [5.41, 5.74) is 0.807. The molecule has 0 spiro atoms. The summed E-state index contributed by atoms with van der Waals surface area (Å²) < 4.78 is 28.8. The highest BCUT2D eigenvalue weighted by molar-refractivity contribution is 7.89. The lowest BCUT2D eigenvalue weighted by Gasteiger charge is -2.13. The van der Waals surface area contributed by atoms with Crippen LogP contribution in [0.25, 0.3) is 0 Å². The first-order valence-corrected chi connectivity index (χ1v) is 8.74. The van der Waals surface area contributed by atoms with Crippen LogP contribution in [0, 0.1) is 17.0 Å². The topological polar surface area (TPSA) is 114 Å². The van der Waals surface area contributed by atoms with Gasteiger partial charge in [-0.1, -0.05) is 6.07 Å². The van der Waals surface area contributed by atoms with Crippen LogP contribution in [0.3, 0.4) is 0 Å². The third-order valence-corrected chi connectivity index (χ3v) is 5.31. The molecule has 8 nitrogen and oxygen atoms in total. The summed E-state index contributed by atoms with van der Waals surface area (Å²) in [5.74, 6) is 0. The Bertz CT molecular complexity index is 845. The van der Waals surface area contributed by atoms with Gasteiger partial charge in [0.05, 0.1) is 15.9 Å². The van der Waals surface area contributed by atoms with Crippen molar-refractivity contribution in [1.82, 2.24) is 9.29 Å². The number of sulfonamides is 1. The maximum Gasteiger partial charge on any atom is 0.270 e. The van der Waals surface area contributed by atoms with Crippen LogP contribution in [0.2, 0.25) is 0 Å². The number of hydrogen-bond acceptors (Lipinski definition) is 5. The molecule has 1 aromatic heterocycles. The van der Waals surface area contributed by atoms with Crippen LogP contribution in [0.1, 0.15) is 23.8 Å². The van der Waals surface area contributed by atoms with Crippen molar-refractivity contribution in [3.05, 3.63) is 57.9 Å². The fraction of sp³-hybridized carbons (Fsp3) is 0.333. The zero-order valence-corrected chi connectivity index (χ0v) is 14.2. The summed E-state index contributed by atoms with van der Waals surface area (Å²) in [7, 11) is -2.11. The molecule has 1 atom stereocenters. The van der Waals surface area contributed by atoms with E-state index in [0.29, 0.717) is 11.3 Å². The van der Waals surface area contributed by atoms with Gasteiger partial charge in [0.1, 0.15) is 0 Å². The predicted molar refractivity (Wildman–Crippen MR) is 88.0 cm³/mol. The molecular weight excluding hydrogens is 334 g/mol. The van der Waals surface area contributed by atoms with Gasteiger partial charge in [-0.15, -0.1) is 0 Å². The van der Waals surface area contributed by atoms with Gasteiger partial charge in [-0.05, 0) is 31.0 Å². The molecule has 0 bridgehead atoms. The number of rotatable bonds is 7. The average molecular weight is 353 g/mol. The van der Waals surface area contributed by atoms with Gasteiger partial charge in [0.2, 0.25) is 10.0 Å². The molecule has 0 aliphatic rings. The second kappa shape index (κ2) is 7.12. The Morgan fingerprint density at radius 1 is 1.38 bits per heavy atom. The van der Waals surface area contributed by atoms with Crippen molar-refractivity contribution in [2.24, 2.45) is 7.05 Å². The first kappa shape index (κ1) is 18.1. The predicted octanol–water partition coefficient (Wildman–Crippen LogP) is 1.64. The van der Waals surface area contributed by atoms with E-state index in [1.807, 2.05) is 0 Å². The van der Waals surface area contributed by atoms with Crippen LogP contribution < -0.4 is 4.72 Å². The Hall–Kier alpha value is -2.23. The van der Waals surface area contributed by atoms with Gasteiger partial charge in [-0.2, -0.15) is 0 Å². The van der Waals surface area contributed by atoms with E-state index in [2.05, 4.69) is 4.72 Å². The molecule has 2 rings (SSSR count). The zero-order chi connectivity index (χ0) is 17.9. The summed E-state index contributed by atoms with van der Waals surface area (Å²) in [6.07, 6.45) is 1.17. The number of non-ortho nitro benzene ring substituents is 1. The van der Waals surface area contributed by atoms with Crippen molar-refractivity contribution in [2.45, 2.75) is 24.3 Å². The summed E-state index contributed by atoms with van der Waals surface area (Å²) >= 11 is 0. The largest absolute Gasteiger partial charge is 0.387 e. The van der Waals surface area contributed by atoms with Crippen LogP contribution in [0.15, 0.2) is 41.4 Å². The van der Waals surface area contributed by atoms with Crippen molar-refractivity contribution in [3.63, 3.8) is 0 Å². The number of aryl methyl sites for hydroxylation is 2. The van der Waals surface area contributed by atoms with Gasteiger partial charge in [-0.3, -0.25) is 10.1 Å². The lowest BCUT2D eigenvalue weighted by Crippen LogP contribution is -2.27. The monoisotopic (exact) mass is 353 g/mol. The molecule has 0 saturated heterocycles. The molecule has 130 valence electrons. The van der Waals surface area contributed by atoms with E-state index < -0.39 is 21.1 Å². The van der Waals surface area contributed by atoms with Crippen molar-refractivity contribution in [3.8, 4) is 0 Å². The van der Waals surface area contributed by atoms with Gasteiger partial charge in [0.15, 0.2) is 0 Å². The molecule has 0 saturated carbocycles. The van der Waals surface area contributed by atoms with Gasteiger partial charge < -0.3 is 9.67 Å². The molecule has 9 heteroatoms. The Balaban J connectivity index is 2.08. The molecule has 1 heterocycles. The number of aromatic nitrogens is 1. The number of nitrogens with zero attached hydrogens (tertiary/aromatic N) is 2. The van der Waals surface area contributed by atoms with E-state index in [0.717, 1.165) is 6.07 Å². The quantitative estimate of drug-likeness (QED) is 0.580. The third-order valence-electron chi connectivity index (χ3n) is 3.71. The maximum atomic E-state index is 12.3. The average Bonchev–Trinajstić information content (AvgIpc) is 2.93. The van der Waals surface area contributed by atoms with Gasteiger partial charge in [-0.25, -0.2) is 13.1 Å². The van der Waals surface area contributed by atoms with E-state index in [1.54, 1.807) is 36.9 Å². The normalized spacial score (nSPS) is 13.0. The third kappa shape index (κ3) is 3.99. The molecule has 24 heavy (non-hydrogen) atoms. The van der Waals surface area contributed by atoms with Crippen molar-refractivity contribution in [1.29, 1.82) is 0 Å². The highest BCUT2D eigenvalue weighted by Gasteiger charge is 2.21. The smallest absolute Gasteiger partial charge is 0.270 e. The Morgan fingerprint density at radius 2 is 2.08 bits per heavy atom. The molecule has 0 aliphatic carbocycles. The van der Waals surface area contributed by atoms with Gasteiger partial charge >= 0.3 is 0 Å². The Morgan fingerprint density at radius 3 is 2.67 bits per heavy atom. The zero-order valence-electron chi connectivity index (χ0n) is 13.3. The second-order valence-corrected chi connectivity index (χ2v) is 7.19. The molecule has 1 aromatic carbocycles. The molecule has 0 fully saturated rings. The highest BCUT2D eigenvalue weighted by Crippen LogP contribution is 2.22. The van der Waals surface area contributed by atoms with Crippen LogP contribution in [0.4, 0.5) is 5.69 Å². The fourth-order valence-electron chi connectivity index (χ4n) is 2.37. The minimum absolute atomic E-state index is 0.0107. The molecular formula is C15H19N3O5S. The summed E-state index contributed by atoms with van der Waals surface area (Å²) in [4.78, 5) is 10.0. The molecule has 1 unspecified atom stereocenters. The Kier molecular flexibility index (Phi) is 5.37. The van der Waals surface area contributed by atoms with Crippen molar-refractivity contribution >= 4 is 15.7 Å². The minimum Gasteiger partial charge on any atom is -0.387 e. The second-order valence-electron chi connectivity index (χ2n) is 5.45. The number of nitro benzene ring substituents is 1. The van der Waals surface area contributed by atoms with E-state index >= 15 is 0 Å². The number of aliphatic hydroxyl groups excluding tert-OH is 1. The lowest BCUT2D eigenvalue weighted by molar-refractivity contribution is -0.385. The van der Waals surface area contributed by atoms with Crippen LogP contribution in [-0.4, -0.2) is 29.6 Å². The van der Waals surface area contributed by atoms with Gasteiger partial charge in [0.25, 0.3) is 5.69 Å². The van der Waals surface area contributed by atoms with Crippen LogP contribution in [-0.2, 0) is 17.1 Å². The number of nitrogens with one attached hydrogen (secondary N) is 1. The number of hydrogen-bond donors (Lipinski definition) is 2. The molecule has 0 amide bonds. The first-order valence-electron chi connectivity index (χ1n) is 7.26. The molecule has 0 aliphatic heterocycles. The minimum atomic E-state index is -3.89. The summed E-state index contributed by atoms with van der Waals surface area (Å²) in [6.45, 7) is 1.58. The van der Waals surface area contributed by atoms with Crippen LogP contribution >= 0.6 is 0 Å². The first-order chi connectivity index (χ1) is 11.2. The van der Waals surface area contributed by atoms with Crippen LogP contribution in [0.5, 0.6) is 0 Å². The SMILES string of the molecule is Cc1ccc([N+](=O)[O-])cc1S(=O)(=O)NCCC(O)c1cccn1C. The molecule has 2 aromatic rings. The van der Waals surface area contributed by atoms with E-state index in [1.165, 1.54) is 12.1 Å². The highest BCUT2D eigenvalue weighted by atomic mass is 32.2. The van der Waals surface area contributed by atoms with E-state index in [4.69, 9.17) is 0 Å². The van der Waals surface area contributed by atoms with Crippen molar-refractivity contribution in [2.75, 3.05) is 6.54 Å². The summed E-state index contributed by atoms with van der Waals surface area (Å²) in [5, 5.41) is 20.9. The molecule has 0 radical (unpaired) electrons. The molecule has 2 N–H and O–H groups in total. The standard InChI is InChI=1S/C15H19N3O5S/c1-11-5-6-12(18(20)21)10-15(11)24(22,23)16-8-7-14(19)13-4-3-9-17(13)2/h3-6,9-10,14,16,19H,7-8H2,1-2H3. The Labute approximate surface area is 139 Å². The fourth-order valence-corrected chi connectivity index (χ4v) is 3.68. The van der Waals surface area contributed by atoms with E-state index in [9.17, 15) is 23.6 Å². The number of benzene rings is 1. The number of aliphatic hydroxyl groups is 1. The van der Waals surface area contributed by atoms with Gasteiger partial charge in [0, 0.05) is 37.6 Å². The number of nitro groups is 1. The maximum absolute atomic E-state index is 12.3. The van der Waals surface area contributed by atoms with Crippen molar-refractivity contribution < 1.29 is 18.4 Å². The summed E-state index contributed by atoms with van der Waals surface area (Å²) in [6, 6.07) is 7.23.